The number of rotatable bonds is 8. The number of unbranched alkanes of at least 4 members (excludes halogenated alkanes) is 1. The minimum absolute atomic E-state index is 0.0475. The second-order valence-corrected chi connectivity index (χ2v) is 14.2. The van der Waals surface area contributed by atoms with Crippen LogP contribution in [0.1, 0.15) is 106 Å². The van der Waals surface area contributed by atoms with Crippen LogP contribution in [-0.2, 0) is 4.74 Å². The predicted octanol–water partition coefficient (Wildman–Crippen LogP) is 7.04. The van der Waals surface area contributed by atoms with Crippen LogP contribution < -0.4 is 0 Å². The van der Waals surface area contributed by atoms with Crippen molar-refractivity contribution in [1.82, 2.24) is 24.7 Å². The van der Waals surface area contributed by atoms with Crippen molar-refractivity contribution in [2.45, 2.75) is 109 Å². The SMILES string of the molecule is CCCCC1CN(CC2CCCCC2)C(=O)OC12CCN(C1CCN(C(=O)c3c(C)nc(-c4ccccc4)nc3C)CC1)CC2. The number of aromatic nitrogens is 2. The highest BCUT2D eigenvalue weighted by Gasteiger charge is 2.50. The van der Waals surface area contributed by atoms with Gasteiger partial charge in [0.15, 0.2) is 5.82 Å². The molecule has 4 fully saturated rings. The number of hydrogen-bond donors (Lipinski definition) is 0. The monoisotopic (exact) mass is 615 g/mol. The fraction of sp³-hybridized carbons (Fsp3) is 0.676. The Morgan fingerprint density at radius 2 is 1.60 bits per heavy atom. The van der Waals surface area contributed by atoms with Crippen LogP contribution in [0.3, 0.4) is 0 Å². The Bertz CT molecular complexity index is 1290. The lowest BCUT2D eigenvalue weighted by molar-refractivity contribution is -0.127. The first-order chi connectivity index (χ1) is 21.9. The zero-order chi connectivity index (χ0) is 31.4. The fourth-order valence-electron chi connectivity index (χ4n) is 8.58. The Labute approximate surface area is 269 Å². The van der Waals surface area contributed by atoms with Crippen molar-refractivity contribution in [3.8, 4) is 11.4 Å². The van der Waals surface area contributed by atoms with Crippen molar-refractivity contribution in [1.29, 1.82) is 0 Å². The Morgan fingerprint density at radius 1 is 0.933 bits per heavy atom. The summed E-state index contributed by atoms with van der Waals surface area (Å²) < 4.78 is 6.47. The fourth-order valence-corrected chi connectivity index (χ4v) is 8.58. The van der Waals surface area contributed by atoms with Gasteiger partial charge in [0.1, 0.15) is 5.60 Å². The van der Waals surface area contributed by atoms with E-state index in [1.54, 1.807) is 0 Å². The molecule has 4 aliphatic rings. The van der Waals surface area contributed by atoms with E-state index < -0.39 is 0 Å². The van der Waals surface area contributed by atoms with Crippen molar-refractivity contribution in [2.24, 2.45) is 11.8 Å². The minimum Gasteiger partial charge on any atom is -0.442 e. The van der Waals surface area contributed by atoms with Crippen LogP contribution in [0.4, 0.5) is 4.79 Å². The standard InChI is InChI=1S/C37H53N5O3/c1-4-5-16-31-26-42(25-29-12-8-6-9-13-29)36(44)45-37(31)19-23-40(24-20-37)32-17-21-41(22-18-32)35(43)33-27(2)38-34(39-28(33)3)30-14-10-7-11-15-30/h7,10-11,14-15,29,31-32H,4-6,8-9,12-13,16-26H2,1-3H3. The number of nitrogens with zero attached hydrogens (tertiary/aromatic N) is 5. The number of aryl methyl sites for hydroxylation is 2. The molecule has 8 heteroatoms. The van der Waals surface area contributed by atoms with Gasteiger partial charge in [0.25, 0.3) is 5.91 Å². The molecule has 1 spiro atoms. The molecule has 8 nitrogen and oxygen atoms in total. The number of hydrogen-bond acceptors (Lipinski definition) is 6. The van der Waals surface area contributed by atoms with Gasteiger partial charge in [0, 0.05) is 69.6 Å². The second-order valence-electron chi connectivity index (χ2n) is 14.2. The molecule has 3 aliphatic heterocycles. The molecule has 0 N–H and O–H groups in total. The summed E-state index contributed by atoms with van der Waals surface area (Å²) in [6.45, 7) is 11.3. The predicted molar refractivity (Wildman–Crippen MR) is 177 cm³/mol. The van der Waals surface area contributed by atoms with Crippen LogP contribution in [0.2, 0.25) is 0 Å². The Hall–Kier alpha value is -3.00. The van der Waals surface area contributed by atoms with Gasteiger partial charge in [-0.1, -0.05) is 69.4 Å². The van der Waals surface area contributed by atoms with Crippen molar-refractivity contribution in [3.05, 3.63) is 47.3 Å². The van der Waals surface area contributed by atoms with Gasteiger partial charge in [-0.2, -0.15) is 0 Å². The molecule has 3 saturated heterocycles. The highest BCUT2D eigenvalue weighted by Crippen LogP contribution is 2.42. The number of carbonyl (C=O) groups is 2. The Kier molecular flexibility index (Phi) is 10.1. The van der Waals surface area contributed by atoms with E-state index in [0.717, 1.165) is 88.3 Å². The van der Waals surface area contributed by atoms with E-state index in [9.17, 15) is 9.59 Å². The van der Waals surface area contributed by atoms with Gasteiger partial charge in [-0.05, 0) is 51.9 Å². The molecule has 1 aromatic heterocycles. The molecule has 2 amide bonds. The molecule has 1 unspecified atom stereocenters. The van der Waals surface area contributed by atoms with Crippen LogP contribution in [-0.4, -0.2) is 87.6 Å². The van der Waals surface area contributed by atoms with Crippen LogP contribution in [0.25, 0.3) is 11.4 Å². The van der Waals surface area contributed by atoms with Gasteiger partial charge >= 0.3 is 6.09 Å². The molecule has 0 bridgehead atoms. The maximum atomic E-state index is 13.7. The van der Waals surface area contributed by atoms with E-state index in [2.05, 4.69) is 16.7 Å². The van der Waals surface area contributed by atoms with Crippen molar-refractivity contribution in [2.75, 3.05) is 39.3 Å². The molecule has 1 atom stereocenters. The summed E-state index contributed by atoms with van der Waals surface area (Å²) in [4.78, 5) is 43.1. The van der Waals surface area contributed by atoms with Gasteiger partial charge in [0.05, 0.1) is 17.0 Å². The Morgan fingerprint density at radius 3 is 2.24 bits per heavy atom. The molecule has 2 aromatic rings. The van der Waals surface area contributed by atoms with Gasteiger partial charge in [-0.3, -0.25) is 9.69 Å². The van der Waals surface area contributed by atoms with Crippen LogP contribution in [0.15, 0.2) is 30.3 Å². The van der Waals surface area contributed by atoms with Crippen molar-refractivity contribution < 1.29 is 14.3 Å². The number of ether oxygens (including phenoxy) is 1. The van der Waals surface area contributed by atoms with Crippen molar-refractivity contribution in [3.63, 3.8) is 0 Å². The third-order valence-electron chi connectivity index (χ3n) is 11.3. The average molecular weight is 616 g/mol. The topological polar surface area (TPSA) is 78.9 Å². The summed E-state index contributed by atoms with van der Waals surface area (Å²) in [5.41, 5.74) is 2.77. The van der Waals surface area contributed by atoms with E-state index in [-0.39, 0.29) is 17.6 Å². The maximum Gasteiger partial charge on any atom is 0.410 e. The minimum atomic E-state index is -0.316. The summed E-state index contributed by atoms with van der Waals surface area (Å²) in [5.74, 6) is 1.77. The summed E-state index contributed by atoms with van der Waals surface area (Å²) in [6.07, 6.45) is 13.7. The van der Waals surface area contributed by atoms with Crippen LogP contribution in [0, 0.1) is 25.7 Å². The normalized spacial score (nSPS) is 23.4. The first kappa shape index (κ1) is 32.0. The molecule has 45 heavy (non-hydrogen) atoms. The number of amides is 2. The van der Waals surface area contributed by atoms with Crippen molar-refractivity contribution >= 4 is 12.0 Å². The molecule has 244 valence electrons. The first-order valence-corrected chi connectivity index (χ1v) is 17.8. The first-order valence-electron chi connectivity index (χ1n) is 17.8. The van der Waals surface area contributed by atoms with E-state index in [4.69, 9.17) is 14.7 Å². The highest BCUT2D eigenvalue weighted by atomic mass is 16.6. The molecular weight excluding hydrogens is 562 g/mol. The van der Waals surface area contributed by atoms with E-state index >= 15 is 0 Å². The van der Waals surface area contributed by atoms with Gasteiger partial charge < -0.3 is 14.5 Å². The van der Waals surface area contributed by atoms with Crippen LogP contribution >= 0.6 is 0 Å². The maximum absolute atomic E-state index is 13.7. The number of likely N-dealkylation sites (tertiary alicyclic amines) is 2. The lowest BCUT2D eigenvalue weighted by atomic mass is 9.75. The van der Waals surface area contributed by atoms with E-state index in [0.29, 0.717) is 29.3 Å². The van der Waals surface area contributed by atoms with Gasteiger partial charge in [-0.15, -0.1) is 0 Å². The smallest absolute Gasteiger partial charge is 0.410 e. The summed E-state index contributed by atoms with van der Waals surface area (Å²) in [5, 5.41) is 0. The van der Waals surface area contributed by atoms with Gasteiger partial charge in [-0.25, -0.2) is 14.8 Å². The molecule has 1 aliphatic carbocycles. The van der Waals surface area contributed by atoms with E-state index in [1.807, 2.05) is 49.1 Å². The summed E-state index contributed by atoms with van der Waals surface area (Å²) in [7, 11) is 0. The summed E-state index contributed by atoms with van der Waals surface area (Å²) >= 11 is 0. The molecule has 1 saturated carbocycles. The van der Waals surface area contributed by atoms with Crippen LogP contribution in [0.5, 0.6) is 0 Å². The van der Waals surface area contributed by atoms with Gasteiger partial charge in [0.2, 0.25) is 0 Å². The largest absolute Gasteiger partial charge is 0.442 e. The second kappa shape index (κ2) is 14.2. The lowest BCUT2D eigenvalue weighted by Crippen LogP contribution is -2.61. The number of benzene rings is 1. The molecule has 6 rings (SSSR count). The molecule has 1 aromatic carbocycles. The molecule has 0 radical (unpaired) electrons. The quantitative estimate of drug-likeness (QED) is 0.317. The average Bonchev–Trinajstić information content (AvgIpc) is 3.06. The highest BCUT2D eigenvalue weighted by molar-refractivity contribution is 5.96. The number of carbonyl (C=O) groups excluding carboxylic acids is 2. The number of piperidine rings is 2. The zero-order valence-corrected chi connectivity index (χ0v) is 27.8. The zero-order valence-electron chi connectivity index (χ0n) is 27.8. The third-order valence-corrected chi connectivity index (χ3v) is 11.3. The third kappa shape index (κ3) is 7.06. The van der Waals surface area contributed by atoms with E-state index in [1.165, 1.54) is 44.9 Å². The summed E-state index contributed by atoms with van der Waals surface area (Å²) in [6, 6.07) is 10.4. The Balaban J connectivity index is 1.04. The molecular formula is C37H53N5O3. The molecule has 4 heterocycles. The lowest BCUT2D eigenvalue weighted by Gasteiger charge is -2.52.